The summed E-state index contributed by atoms with van der Waals surface area (Å²) in [5.41, 5.74) is 2.19. The largest absolute Gasteiger partial charge is 0.494 e. The van der Waals surface area contributed by atoms with Gasteiger partial charge in [0.1, 0.15) is 5.75 Å². The molecular formula is C22H32N2O. The van der Waals surface area contributed by atoms with Crippen LogP contribution in [-0.4, -0.2) is 16.6 Å². The van der Waals surface area contributed by atoms with Crippen LogP contribution in [0.15, 0.2) is 36.5 Å². The Morgan fingerprint density at radius 2 is 1.52 bits per heavy atom. The number of benzene rings is 1. The monoisotopic (exact) mass is 340 g/mol. The summed E-state index contributed by atoms with van der Waals surface area (Å²) in [4.78, 5) is 9.14. The molecule has 0 saturated carbocycles. The fraction of sp³-hybridized carbons (Fsp3) is 0.545. The van der Waals surface area contributed by atoms with Crippen LogP contribution in [0.2, 0.25) is 0 Å². The summed E-state index contributed by atoms with van der Waals surface area (Å²) in [6.45, 7) is 5.26. The number of unbranched alkanes of at least 4 members (excludes halogenated alkanes) is 6. The zero-order chi connectivity index (χ0) is 17.7. The highest BCUT2D eigenvalue weighted by Crippen LogP contribution is 2.20. The van der Waals surface area contributed by atoms with E-state index in [1.54, 1.807) is 0 Å². The Labute approximate surface area is 152 Å². The molecule has 0 bridgehead atoms. The van der Waals surface area contributed by atoms with Gasteiger partial charge in [-0.05, 0) is 49.6 Å². The number of hydrogen-bond donors (Lipinski definition) is 0. The van der Waals surface area contributed by atoms with Crippen molar-refractivity contribution in [1.82, 2.24) is 9.97 Å². The lowest BCUT2D eigenvalue weighted by atomic mass is 10.1. The molecule has 0 N–H and O–H groups in total. The lowest BCUT2D eigenvalue weighted by Gasteiger charge is -2.07. The number of hydrogen-bond acceptors (Lipinski definition) is 3. The third kappa shape index (κ3) is 7.25. The van der Waals surface area contributed by atoms with E-state index in [1.165, 1.54) is 44.9 Å². The van der Waals surface area contributed by atoms with Crippen LogP contribution in [-0.2, 0) is 6.42 Å². The molecule has 0 saturated heterocycles. The van der Waals surface area contributed by atoms with Gasteiger partial charge < -0.3 is 4.74 Å². The van der Waals surface area contributed by atoms with Gasteiger partial charge in [-0.3, -0.25) is 0 Å². The molecule has 0 aliphatic rings. The Bertz CT molecular complexity index is 595. The van der Waals surface area contributed by atoms with Gasteiger partial charge in [-0.25, -0.2) is 9.97 Å². The summed E-state index contributed by atoms with van der Waals surface area (Å²) >= 11 is 0. The molecule has 3 nitrogen and oxygen atoms in total. The van der Waals surface area contributed by atoms with Gasteiger partial charge in [0.05, 0.1) is 6.61 Å². The van der Waals surface area contributed by atoms with E-state index in [0.717, 1.165) is 42.3 Å². The number of ether oxygens (including phenoxy) is 1. The second-order valence-corrected chi connectivity index (χ2v) is 6.62. The Morgan fingerprint density at radius 1 is 0.800 bits per heavy atom. The van der Waals surface area contributed by atoms with Crippen LogP contribution in [0.3, 0.4) is 0 Å². The number of aromatic nitrogens is 2. The van der Waals surface area contributed by atoms with Crippen LogP contribution >= 0.6 is 0 Å². The van der Waals surface area contributed by atoms with Gasteiger partial charge in [-0.15, -0.1) is 0 Å². The molecule has 0 spiro atoms. The maximum absolute atomic E-state index is 5.80. The minimum absolute atomic E-state index is 0.795. The van der Waals surface area contributed by atoms with Crippen molar-refractivity contribution >= 4 is 0 Å². The van der Waals surface area contributed by atoms with E-state index in [-0.39, 0.29) is 0 Å². The number of rotatable bonds is 12. The molecule has 25 heavy (non-hydrogen) atoms. The fourth-order valence-electron chi connectivity index (χ4n) is 2.83. The maximum Gasteiger partial charge on any atom is 0.159 e. The van der Waals surface area contributed by atoms with Crippen LogP contribution in [0, 0.1) is 0 Å². The Balaban J connectivity index is 1.86. The molecule has 0 atom stereocenters. The quantitative estimate of drug-likeness (QED) is 0.430. The van der Waals surface area contributed by atoms with Gasteiger partial charge in [0.25, 0.3) is 0 Å². The smallest absolute Gasteiger partial charge is 0.159 e. The second-order valence-electron chi connectivity index (χ2n) is 6.62. The highest BCUT2D eigenvalue weighted by molar-refractivity contribution is 5.56. The standard InChI is InChI=1S/C22H32N2O/c1-3-5-7-9-11-20-16-17-23-22(24-20)19-12-14-21(15-13-19)25-18-10-8-6-4-2/h12-17H,3-11,18H2,1-2H3. The SMILES string of the molecule is CCCCCCOc1ccc(-c2nccc(CCCCCC)n2)cc1. The molecule has 0 aliphatic heterocycles. The van der Waals surface area contributed by atoms with E-state index >= 15 is 0 Å². The van der Waals surface area contributed by atoms with Crippen molar-refractivity contribution < 1.29 is 4.74 Å². The van der Waals surface area contributed by atoms with E-state index in [9.17, 15) is 0 Å². The first-order valence-corrected chi connectivity index (χ1v) is 9.88. The summed E-state index contributed by atoms with van der Waals surface area (Å²) in [6.07, 6.45) is 12.9. The molecule has 0 fully saturated rings. The first-order valence-electron chi connectivity index (χ1n) is 9.88. The van der Waals surface area contributed by atoms with E-state index in [4.69, 9.17) is 9.72 Å². The Morgan fingerprint density at radius 3 is 2.24 bits per heavy atom. The third-order valence-corrected chi connectivity index (χ3v) is 4.38. The van der Waals surface area contributed by atoms with Gasteiger partial charge in [0, 0.05) is 17.5 Å². The van der Waals surface area contributed by atoms with Crippen molar-refractivity contribution in [2.75, 3.05) is 6.61 Å². The van der Waals surface area contributed by atoms with Gasteiger partial charge in [-0.2, -0.15) is 0 Å². The fourth-order valence-corrected chi connectivity index (χ4v) is 2.83. The molecular weight excluding hydrogens is 308 g/mol. The molecule has 1 aromatic heterocycles. The van der Waals surface area contributed by atoms with Gasteiger partial charge in [0.15, 0.2) is 5.82 Å². The lowest BCUT2D eigenvalue weighted by molar-refractivity contribution is 0.305. The number of nitrogens with zero attached hydrogens (tertiary/aromatic N) is 2. The minimum Gasteiger partial charge on any atom is -0.494 e. The first-order chi connectivity index (χ1) is 12.3. The second kappa shape index (κ2) is 11.6. The van der Waals surface area contributed by atoms with Crippen LogP contribution in [0.1, 0.15) is 70.9 Å². The van der Waals surface area contributed by atoms with Gasteiger partial charge >= 0.3 is 0 Å². The zero-order valence-corrected chi connectivity index (χ0v) is 15.8. The third-order valence-electron chi connectivity index (χ3n) is 4.38. The van der Waals surface area contributed by atoms with Crippen LogP contribution in [0.4, 0.5) is 0 Å². The average molecular weight is 341 g/mol. The molecule has 1 aromatic carbocycles. The average Bonchev–Trinajstić information content (AvgIpc) is 2.66. The molecule has 0 amide bonds. The van der Waals surface area contributed by atoms with Gasteiger partial charge in [-0.1, -0.05) is 52.4 Å². The lowest BCUT2D eigenvalue weighted by Crippen LogP contribution is -1.98. The summed E-state index contributed by atoms with van der Waals surface area (Å²) in [6, 6.07) is 10.2. The Kier molecular flexibility index (Phi) is 9.03. The van der Waals surface area contributed by atoms with Crippen molar-refractivity contribution in [1.29, 1.82) is 0 Å². The minimum atomic E-state index is 0.795. The number of aryl methyl sites for hydroxylation is 1. The Hall–Kier alpha value is -1.90. The van der Waals surface area contributed by atoms with Crippen LogP contribution in [0.25, 0.3) is 11.4 Å². The van der Waals surface area contributed by atoms with Crippen molar-refractivity contribution in [3.05, 3.63) is 42.2 Å². The van der Waals surface area contributed by atoms with E-state index in [2.05, 4.69) is 31.0 Å². The molecule has 0 radical (unpaired) electrons. The highest BCUT2D eigenvalue weighted by Gasteiger charge is 2.04. The predicted molar refractivity (Wildman–Crippen MR) is 105 cm³/mol. The molecule has 2 rings (SSSR count). The van der Waals surface area contributed by atoms with Crippen molar-refractivity contribution in [2.24, 2.45) is 0 Å². The first kappa shape index (κ1) is 19.4. The van der Waals surface area contributed by atoms with Gasteiger partial charge in [0.2, 0.25) is 0 Å². The zero-order valence-electron chi connectivity index (χ0n) is 15.8. The van der Waals surface area contributed by atoms with E-state index < -0.39 is 0 Å². The molecule has 1 heterocycles. The van der Waals surface area contributed by atoms with Crippen molar-refractivity contribution in [2.45, 2.75) is 71.6 Å². The maximum atomic E-state index is 5.80. The molecule has 0 aliphatic carbocycles. The summed E-state index contributed by atoms with van der Waals surface area (Å²) < 4.78 is 5.80. The molecule has 2 aromatic rings. The molecule has 0 unspecified atom stereocenters. The summed E-state index contributed by atoms with van der Waals surface area (Å²) in [7, 11) is 0. The molecule has 3 heteroatoms. The predicted octanol–water partition coefficient (Wildman–Crippen LogP) is 6.23. The van der Waals surface area contributed by atoms with E-state index in [0.29, 0.717) is 0 Å². The topological polar surface area (TPSA) is 35.0 Å². The van der Waals surface area contributed by atoms with Crippen LogP contribution < -0.4 is 4.74 Å². The van der Waals surface area contributed by atoms with Crippen molar-refractivity contribution in [3.63, 3.8) is 0 Å². The summed E-state index contributed by atoms with van der Waals surface area (Å²) in [5, 5.41) is 0. The molecule has 136 valence electrons. The van der Waals surface area contributed by atoms with E-state index in [1.807, 2.05) is 24.4 Å². The van der Waals surface area contributed by atoms with Crippen molar-refractivity contribution in [3.8, 4) is 17.1 Å². The highest BCUT2D eigenvalue weighted by atomic mass is 16.5. The normalized spacial score (nSPS) is 10.8. The van der Waals surface area contributed by atoms with Crippen LogP contribution in [0.5, 0.6) is 5.75 Å². The summed E-state index contributed by atoms with van der Waals surface area (Å²) in [5.74, 6) is 1.73.